The van der Waals surface area contributed by atoms with Crippen LogP contribution in [-0.4, -0.2) is 31.4 Å². The SMILES string of the molecule is COc1cc(C=Cc2nc3n(n2)CC[C@H]3c2ccccc2)ccc1-n1cnc(C)c1. The van der Waals surface area contributed by atoms with E-state index >= 15 is 0 Å². The van der Waals surface area contributed by atoms with Crippen molar-refractivity contribution in [2.75, 3.05) is 7.11 Å². The fraction of sp³-hybridized carbons (Fsp3) is 0.208. The molecule has 1 aliphatic rings. The Bertz CT molecular complexity index is 1210. The number of benzene rings is 2. The molecule has 30 heavy (non-hydrogen) atoms. The highest BCUT2D eigenvalue weighted by Gasteiger charge is 2.27. The molecule has 1 atom stereocenters. The summed E-state index contributed by atoms with van der Waals surface area (Å²) in [7, 11) is 1.68. The van der Waals surface area contributed by atoms with Gasteiger partial charge in [0.25, 0.3) is 0 Å². The molecular weight excluding hydrogens is 374 g/mol. The number of hydrogen-bond donors (Lipinski definition) is 0. The molecule has 0 fully saturated rings. The van der Waals surface area contributed by atoms with Crippen LogP contribution in [0.25, 0.3) is 17.8 Å². The molecule has 1 aliphatic heterocycles. The molecular formula is C24H23N5O. The van der Waals surface area contributed by atoms with E-state index in [2.05, 4.69) is 40.4 Å². The Hall–Kier alpha value is -3.67. The minimum Gasteiger partial charge on any atom is -0.495 e. The third kappa shape index (κ3) is 3.41. The third-order valence-electron chi connectivity index (χ3n) is 5.48. The summed E-state index contributed by atoms with van der Waals surface area (Å²) in [6, 6.07) is 16.6. The molecule has 0 unspecified atom stereocenters. The maximum absolute atomic E-state index is 5.60. The molecule has 0 bridgehead atoms. The van der Waals surface area contributed by atoms with Gasteiger partial charge in [0.1, 0.15) is 11.6 Å². The fourth-order valence-electron chi connectivity index (χ4n) is 3.98. The molecule has 150 valence electrons. The van der Waals surface area contributed by atoms with Gasteiger partial charge in [0.2, 0.25) is 0 Å². The minimum atomic E-state index is 0.318. The first kappa shape index (κ1) is 18.4. The minimum absolute atomic E-state index is 0.318. The van der Waals surface area contributed by atoms with Crippen LogP contribution < -0.4 is 4.74 Å². The number of imidazole rings is 1. The number of nitrogens with zero attached hydrogens (tertiary/aromatic N) is 5. The Morgan fingerprint density at radius 2 is 1.97 bits per heavy atom. The Morgan fingerprint density at radius 1 is 1.10 bits per heavy atom. The zero-order valence-electron chi connectivity index (χ0n) is 17.1. The quantitative estimate of drug-likeness (QED) is 0.498. The monoisotopic (exact) mass is 397 g/mol. The van der Waals surface area contributed by atoms with Gasteiger partial charge in [0.05, 0.1) is 24.8 Å². The normalized spacial score (nSPS) is 15.6. The number of fused-ring (bicyclic) bond motifs is 1. The van der Waals surface area contributed by atoms with Gasteiger partial charge in [0.15, 0.2) is 5.82 Å². The maximum atomic E-state index is 5.60. The van der Waals surface area contributed by atoms with Gasteiger partial charge in [0, 0.05) is 18.7 Å². The topological polar surface area (TPSA) is 57.8 Å². The van der Waals surface area contributed by atoms with Crippen molar-refractivity contribution < 1.29 is 4.74 Å². The summed E-state index contributed by atoms with van der Waals surface area (Å²) in [5.41, 5.74) is 4.25. The molecule has 6 heteroatoms. The van der Waals surface area contributed by atoms with Gasteiger partial charge in [-0.2, -0.15) is 5.10 Å². The Balaban J connectivity index is 1.39. The van der Waals surface area contributed by atoms with Crippen LogP contribution in [0.5, 0.6) is 5.75 Å². The smallest absolute Gasteiger partial charge is 0.174 e. The molecule has 4 aromatic rings. The van der Waals surface area contributed by atoms with E-state index in [1.54, 1.807) is 13.4 Å². The molecule has 3 heterocycles. The summed E-state index contributed by atoms with van der Waals surface area (Å²) in [6.45, 7) is 2.88. The highest BCUT2D eigenvalue weighted by molar-refractivity contribution is 5.69. The molecule has 6 nitrogen and oxygen atoms in total. The molecule has 0 spiro atoms. The van der Waals surface area contributed by atoms with Crippen LogP contribution in [0.3, 0.4) is 0 Å². The second kappa shape index (κ2) is 7.63. The predicted octanol–water partition coefficient (Wildman–Crippen LogP) is 4.49. The van der Waals surface area contributed by atoms with Crippen molar-refractivity contribution in [2.24, 2.45) is 0 Å². The van der Waals surface area contributed by atoms with E-state index in [4.69, 9.17) is 9.72 Å². The first-order chi connectivity index (χ1) is 14.7. The molecule has 2 aromatic carbocycles. The van der Waals surface area contributed by atoms with Crippen LogP contribution in [0.15, 0.2) is 61.1 Å². The lowest BCUT2D eigenvalue weighted by molar-refractivity contribution is 0.413. The Kier molecular flexibility index (Phi) is 4.67. The van der Waals surface area contributed by atoms with E-state index in [0.29, 0.717) is 5.92 Å². The van der Waals surface area contributed by atoms with Gasteiger partial charge in [-0.15, -0.1) is 0 Å². The molecule has 0 aliphatic carbocycles. The van der Waals surface area contributed by atoms with Gasteiger partial charge < -0.3 is 9.30 Å². The van der Waals surface area contributed by atoms with Crippen molar-refractivity contribution in [2.45, 2.75) is 25.8 Å². The summed E-state index contributed by atoms with van der Waals surface area (Å²) in [5, 5.41) is 4.67. The van der Waals surface area contributed by atoms with E-state index in [9.17, 15) is 0 Å². The first-order valence-electron chi connectivity index (χ1n) is 10.1. The number of hydrogen-bond acceptors (Lipinski definition) is 4. The van der Waals surface area contributed by atoms with Gasteiger partial charge in [-0.25, -0.2) is 14.6 Å². The lowest BCUT2D eigenvalue weighted by Gasteiger charge is -2.09. The number of rotatable bonds is 5. The van der Waals surface area contributed by atoms with Crippen LogP contribution in [0.4, 0.5) is 0 Å². The number of aryl methyl sites for hydroxylation is 2. The van der Waals surface area contributed by atoms with Crippen LogP contribution in [0, 0.1) is 6.92 Å². The second-order valence-corrected chi connectivity index (χ2v) is 7.49. The van der Waals surface area contributed by atoms with Gasteiger partial charge >= 0.3 is 0 Å². The van der Waals surface area contributed by atoms with Crippen LogP contribution in [-0.2, 0) is 6.54 Å². The van der Waals surface area contributed by atoms with Crippen molar-refractivity contribution >= 4 is 12.2 Å². The highest BCUT2D eigenvalue weighted by atomic mass is 16.5. The van der Waals surface area contributed by atoms with E-state index in [1.165, 1.54) is 5.56 Å². The van der Waals surface area contributed by atoms with Crippen molar-refractivity contribution in [1.29, 1.82) is 0 Å². The summed E-state index contributed by atoms with van der Waals surface area (Å²) >= 11 is 0. The highest BCUT2D eigenvalue weighted by Crippen LogP contribution is 2.32. The standard InChI is InChI=1S/C24H23N5O/c1-17-15-28(16-25-17)21-10-8-18(14-22(21)30-2)9-11-23-26-24-20(12-13-29(24)27-23)19-6-4-3-5-7-19/h3-11,14-16,20H,12-13H2,1-2H3/t20-/m0/s1. The summed E-state index contributed by atoms with van der Waals surface area (Å²) < 4.78 is 9.59. The fourth-order valence-corrected chi connectivity index (χ4v) is 3.98. The molecule has 5 rings (SSSR count). The molecule has 2 aromatic heterocycles. The predicted molar refractivity (Wildman–Crippen MR) is 117 cm³/mol. The number of aromatic nitrogens is 5. The largest absolute Gasteiger partial charge is 0.495 e. The van der Waals surface area contributed by atoms with Crippen LogP contribution in [0.2, 0.25) is 0 Å². The zero-order valence-corrected chi connectivity index (χ0v) is 17.1. The van der Waals surface area contributed by atoms with E-state index in [-0.39, 0.29) is 0 Å². The summed E-state index contributed by atoms with van der Waals surface area (Å²) in [4.78, 5) is 9.09. The number of methoxy groups -OCH3 is 1. The lowest BCUT2D eigenvalue weighted by atomic mass is 9.97. The Labute approximate surface area is 175 Å². The number of ether oxygens (including phenoxy) is 1. The van der Waals surface area contributed by atoms with Gasteiger partial charge in [-0.05, 0) is 42.7 Å². The van der Waals surface area contributed by atoms with Crippen molar-refractivity contribution in [3.8, 4) is 11.4 Å². The van der Waals surface area contributed by atoms with Crippen molar-refractivity contribution in [3.63, 3.8) is 0 Å². The third-order valence-corrected chi connectivity index (χ3v) is 5.48. The molecule has 0 N–H and O–H groups in total. The Morgan fingerprint density at radius 3 is 2.73 bits per heavy atom. The molecule has 0 saturated carbocycles. The molecule has 0 radical (unpaired) electrons. The van der Waals surface area contributed by atoms with Crippen molar-refractivity contribution in [1.82, 2.24) is 24.3 Å². The van der Waals surface area contributed by atoms with Crippen molar-refractivity contribution in [3.05, 3.63) is 89.5 Å². The average Bonchev–Trinajstić information content (AvgIpc) is 3.48. The maximum Gasteiger partial charge on any atom is 0.174 e. The zero-order chi connectivity index (χ0) is 20.5. The van der Waals surface area contributed by atoms with E-state index in [1.807, 2.05) is 52.7 Å². The first-order valence-corrected chi connectivity index (χ1v) is 10.1. The summed E-state index contributed by atoms with van der Waals surface area (Å²) in [6.07, 6.45) is 8.81. The second-order valence-electron chi connectivity index (χ2n) is 7.49. The average molecular weight is 397 g/mol. The van der Waals surface area contributed by atoms with Gasteiger partial charge in [-0.1, -0.05) is 42.5 Å². The molecule has 0 amide bonds. The molecule has 0 saturated heterocycles. The van der Waals surface area contributed by atoms with E-state index < -0.39 is 0 Å². The van der Waals surface area contributed by atoms with Crippen LogP contribution in [0.1, 0.15) is 40.8 Å². The lowest BCUT2D eigenvalue weighted by Crippen LogP contribution is -1.98. The van der Waals surface area contributed by atoms with Crippen LogP contribution >= 0.6 is 0 Å². The van der Waals surface area contributed by atoms with E-state index in [0.717, 1.165) is 47.3 Å². The van der Waals surface area contributed by atoms with Gasteiger partial charge in [-0.3, -0.25) is 0 Å². The summed E-state index contributed by atoms with van der Waals surface area (Å²) in [5.74, 6) is 2.89.